The molecule has 0 unspecified atom stereocenters. The number of aromatic carboxylic acids is 1. The molecular formula is C9H5N5O2. The van der Waals surface area contributed by atoms with E-state index in [9.17, 15) is 4.79 Å². The summed E-state index contributed by atoms with van der Waals surface area (Å²) in [6.07, 6.45) is 3.87. The van der Waals surface area contributed by atoms with E-state index < -0.39 is 5.97 Å². The lowest BCUT2D eigenvalue weighted by Crippen LogP contribution is -2.02. The number of carbonyl (C=O) groups is 1. The van der Waals surface area contributed by atoms with Gasteiger partial charge in [0.1, 0.15) is 11.8 Å². The summed E-state index contributed by atoms with van der Waals surface area (Å²) in [5.74, 6) is -0.922. The van der Waals surface area contributed by atoms with Crippen molar-refractivity contribution in [3.8, 4) is 12.0 Å². The van der Waals surface area contributed by atoms with E-state index in [4.69, 9.17) is 10.4 Å². The predicted molar refractivity (Wildman–Crippen MR) is 50.8 cm³/mol. The molecule has 2 heterocycles. The molecule has 0 amide bonds. The number of hydrogen-bond acceptors (Lipinski definition) is 5. The molecule has 0 radical (unpaired) electrons. The van der Waals surface area contributed by atoms with E-state index >= 15 is 0 Å². The van der Waals surface area contributed by atoms with Crippen molar-refractivity contribution in [2.45, 2.75) is 0 Å². The summed E-state index contributed by atoms with van der Waals surface area (Å²) in [7, 11) is 0. The molecule has 7 nitrogen and oxygen atoms in total. The van der Waals surface area contributed by atoms with Crippen molar-refractivity contribution in [1.82, 2.24) is 19.7 Å². The maximum absolute atomic E-state index is 10.6. The number of nitriles is 1. The van der Waals surface area contributed by atoms with E-state index in [1.807, 2.05) is 6.07 Å². The van der Waals surface area contributed by atoms with Gasteiger partial charge in [-0.15, -0.1) is 0 Å². The molecule has 0 saturated heterocycles. The first kappa shape index (κ1) is 9.79. The van der Waals surface area contributed by atoms with Crippen molar-refractivity contribution in [3.05, 3.63) is 35.9 Å². The van der Waals surface area contributed by atoms with Gasteiger partial charge >= 0.3 is 5.97 Å². The van der Waals surface area contributed by atoms with E-state index in [-0.39, 0.29) is 17.2 Å². The smallest absolute Gasteiger partial charge is 0.338 e. The monoisotopic (exact) mass is 215 g/mol. The van der Waals surface area contributed by atoms with Crippen LogP contribution in [0.25, 0.3) is 5.95 Å². The van der Waals surface area contributed by atoms with Gasteiger partial charge in [-0.05, 0) is 6.07 Å². The van der Waals surface area contributed by atoms with Crippen LogP contribution in [0.3, 0.4) is 0 Å². The first-order chi connectivity index (χ1) is 7.70. The van der Waals surface area contributed by atoms with Crippen LogP contribution in [0, 0.1) is 11.3 Å². The van der Waals surface area contributed by atoms with Crippen LogP contribution in [0.2, 0.25) is 0 Å². The Kier molecular flexibility index (Phi) is 2.31. The van der Waals surface area contributed by atoms with Gasteiger partial charge in [0.05, 0.1) is 11.8 Å². The highest BCUT2D eigenvalue weighted by Crippen LogP contribution is 2.03. The van der Waals surface area contributed by atoms with Gasteiger partial charge in [0, 0.05) is 12.4 Å². The second-order valence-corrected chi connectivity index (χ2v) is 2.83. The molecule has 1 N–H and O–H groups in total. The van der Waals surface area contributed by atoms with E-state index in [0.29, 0.717) is 0 Å². The van der Waals surface area contributed by atoms with Crippen molar-refractivity contribution in [3.63, 3.8) is 0 Å². The molecule has 0 fully saturated rings. The van der Waals surface area contributed by atoms with Crippen LogP contribution in [0.5, 0.6) is 0 Å². The maximum Gasteiger partial charge on any atom is 0.338 e. The average molecular weight is 215 g/mol. The number of nitrogens with zero attached hydrogens (tertiary/aromatic N) is 5. The fourth-order valence-corrected chi connectivity index (χ4v) is 1.06. The molecule has 0 spiro atoms. The summed E-state index contributed by atoms with van der Waals surface area (Å²) in [6, 6.07) is 3.31. The molecule has 0 aliphatic carbocycles. The van der Waals surface area contributed by atoms with Gasteiger partial charge in [-0.2, -0.15) is 10.4 Å². The van der Waals surface area contributed by atoms with E-state index in [0.717, 1.165) is 0 Å². The van der Waals surface area contributed by atoms with Crippen molar-refractivity contribution in [2.75, 3.05) is 0 Å². The van der Waals surface area contributed by atoms with Gasteiger partial charge in [-0.25, -0.2) is 19.4 Å². The Labute approximate surface area is 89.6 Å². The summed E-state index contributed by atoms with van der Waals surface area (Å²) in [4.78, 5) is 18.4. The van der Waals surface area contributed by atoms with Gasteiger partial charge < -0.3 is 5.11 Å². The van der Waals surface area contributed by atoms with Crippen molar-refractivity contribution in [1.29, 1.82) is 5.26 Å². The highest BCUT2D eigenvalue weighted by atomic mass is 16.4. The number of carboxylic acids is 1. The summed E-state index contributed by atoms with van der Waals surface area (Å²) >= 11 is 0. The Morgan fingerprint density at radius 1 is 1.56 bits per heavy atom. The molecule has 78 valence electrons. The standard InChI is InChI=1S/C9H5N5O2/c10-3-7-1-2-11-9(13-7)14-5-6(4-12-14)8(15)16/h1-2,4-5H,(H,15,16). The van der Waals surface area contributed by atoms with Crippen LogP contribution < -0.4 is 0 Å². The molecular weight excluding hydrogens is 210 g/mol. The van der Waals surface area contributed by atoms with Crippen LogP contribution in [0.1, 0.15) is 16.1 Å². The van der Waals surface area contributed by atoms with Gasteiger partial charge in [-0.1, -0.05) is 0 Å². The molecule has 0 bridgehead atoms. The minimum atomic E-state index is -1.08. The van der Waals surface area contributed by atoms with Crippen molar-refractivity contribution >= 4 is 5.97 Å². The molecule has 2 aromatic heterocycles. The normalized spacial score (nSPS) is 9.69. The van der Waals surface area contributed by atoms with Crippen LogP contribution in [0.4, 0.5) is 0 Å². The van der Waals surface area contributed by atoms with Crippen LogP contribution in [0.15, 0.2) is 24.7 Å². The number of carboxylic acid groups (broad SMARTS) is 1. The zero-order valence-corrected chi connectivity index (χ0v) is 7.90. The third kappa shape index (κ3) is 1.72. The fraction of sp³-hybridized carbons (Fsp3) is 0. The second kappa shape index (κ2) is 3.78. The van der Waals surface area contributed by atoms with Gasteiger partial charge in [0.25, 0.3) is 5.95 Å². The number of hydrogen-bond donors (Lipinski definition) is 1. The molecule has 0 aliphatic rings. The molecule has 0 saturated carbocycles. The summed E-state index contributed by atoms with van der Waals surface area (Å²) in [5.41, 5.74) is 0.225. The third-order valence-electron chi connectivity index (χ3n) is 1.79. The fourth-order valence-electron chi connectivity index (χ4n) is 1.06. The lowest BCUT2D eigenvalue weighted by atomic mass is 10.4. The summed E-state index contributed by atoms with van der Waals surface area (Å²) in [6.45, 7) is 0. The molecule has 16 heavy (non-hydrogen) atoms. The zero-order valence-electron chi connectivity index (χ0n) is 7.90. The Morgan fingerprint density at radius 2 is 2.38 bits per heavy atom. The zero-order chi connectivity index (χ0) is 11.5. The Hall–Kier alpha value is -2.75. The lowest BCUT2D eigenvalue weighted by Gasteiger charge is -1.97. The Balaban J connectivity index is 2.43. The highest BCUT2D eigenvalue weighted by molar-refractivity contribution is 5.86. The van der Waals surface area contributed by atoms with Crippen molar-refractivity contribution in [2.24, 2.45) is 0 Å². The minimum Gasteiger partial charge on any atom is -0.478 e. The van der Waals surface area contributed by atoms with Gasteiger partial charge in [0.15, 0.2) is 0 Å². The first-order valence-corrected chi connectivity index (χ1v) is 4.22. The van der Waals surface area contributed by atoms with E-state index in [1.165, 1.54) is 29.3 Å². The Morgan fingerprint density at radius 3 is 3.00 bits per heavy atom. The lowest BCUT2D eigenvalue weighted by molar-refractivity contribution is 0.0697. The maximum atomic E-state index is 10.6. The molecule has 2 aromatic rings. The summed E-state index contributed by atoms with van der Waals surface area (Å²) in [5, 5.41) is 21.1. The highest BCUT2D eigenvalue weighted by Gasteiger charge is 2.08. The molecule has 7 heteroatoms. The summed E-state index contributed by atoms with van der Waals surface area (Å²) < 4.78 is 1.20. The number of aromatic nitrogens is 4. The predicted octanol–water partition coefficient (Wildman–Crippen LogP) is 0.232. The van der Waals surface area contributed by atoms with Gasteiger partial charge in [0.2, 0.25) is 0 Å². The van der Waals surface area contributed by atoms with E-state index in [1.54, 1.807) is 0 Å². The largest absolute Gasteiger partial charge is 0.478 e. The van der Waals surface area contributed by atoms with Crippen LogP contribution in [-0.4, -0.2) is 30.8 Å². The quantitative estimate of drug-likeness (QED) is 0.768. The van der Waals surface area contributed by atoms with E-state index in [2.05, 4.69) is 15.1 Å². The SMILES string of the molecule is N#Cc1ccnc(-n2cc(C(=O)O)cn2)n1. The number of rotatable bonds is 2. The molecule has 0 aliphatic heterocycles. The third-order valence-corrected chi connectivity index (χ3v) is 1.79. The molecule has 2 rings (SSSR count). The topological polar surface area (TPSA) is 105 Å². The first-order valence-electron chi connectivity index (χ1n) is 4.22. The second-order valence-electron chi connectivity index (χ2n) is 2.83. The van der Waals surface area contributed by atoms with Crippen LogP contribution >= 0.6 is 0 Å². The average Bonchev–Trinajstić information content (AvgIpc) is 2.78. The van der Waals surface area contributed by atoms with Gasteiger partial charge in [-0.3, -0.25) is 0 Å². The molecule has 0 aromatic carbocycles. The minimum absolute atomic E-state index is 0.0333. The Bertz CT molecular complexity index is 584. The van der Waals surface area contributed by atoms with Crippen LogP contribution in [-0.2, 0) is 0 Å². The molecule has 0 atom stereocenters. The van der Waals surface area contributed by atoms with Crippen molar-refractivity contribution < 1.29 is 9.90 Å².